The first-order chi connectivity index (χ1) is 13.2. The van der Waals surface area contributed by atoms with Crippen LogP contribution < -0.4 is 0 Å². The van der Waals surface area contributed by atoms with Crippen molar-refractivity contribution in [2.75, 3.05) is 0 Å². The Hall–Kier alpha value is -3.53. The molecule has 3 nitrogen and oxygen atoms in total. The Morgan fingerprint density at radius 2 is 1.59 bits per heavy atom. The van der Waals surface area contributed by atoms with Crippen LogP contribution in [0.3, 0.4) is 0 Å². The summed E-state index contributed by atoms with van der Waals surface area (Å²) in [7, 11) is 0. The van der Waals surface area contributed by atoms with Crippen molar-refractivity contribution in [2.24, 2.45) is 4.99 Å². The summed E-state index contributed by atoms with van der Waals surface area (Å²) >= 11 is 0. The van der Waals surface area contributed by atoms with Crippen LogP contribution in [0.4, 0.5) is 10.1 Å². The predicted molar refractivity (Wildman–Crippen MR) is 107 cm³/mol. The maximum atomic E-state index is 13.3. The minimum atomic E-state index is -0.267. The number of halogens is 1. The molecule has 0 saturated heterocycles. The summed E-state index contributed by atoms with van der Waals surface area (Å²) in [5, 5.41) is 4.71. The first kappa shape index (κ1) is 16.9. The lowest BCUT2D eigenvalue weighted by Gasteiger charge is -2.00. The average Bonchev–Trinajstić information content (AvgIpc) is 3.13. The predicted octanol–water partition coefficient (Wildman–Crippen LogP) is 5.74. The second-order valence-electron chi connectivity index (χ2n) is 6.31. The number of aromatic nitrogens is 2. The fraction of sp³-hybridized carbons (Fsp3) is 0.0435. The van der Waals surface area contributed by atoms with Gasteiger partial charge in [0.25, 0.3) is 0 Å². The largest absolute Gasteiger partial charge is 0.256 e. The van der Waals surface area contributed by atoms with E-state index in [1.54, 1.807) is 18.3 Å². The van der Waals surface area contributed by atoms with Crippen LogP contribution in [0, 0.1) is 12.7 Å². The van der Waals surface area contributed by atoms with Crippen molar-refractivity contribution in [3.63, 3.8) is 0 Å². The van der Waals surface area contributed by atoms with Crippen molar-refractivity contribution in [1.82, 2.24) is 9.78 Å². The van der Waals surface area contributed by atoms with Crippen molar-refractivity contribution in [3.8, 4) is 16.9 Å². The number of nitrogens with zero attached hydrogens (tertiary/aromatic N) is 3. The van der Waals surface area contributed by atoms with Crippen LogP contribution >= 0.6 is 0 Å². The first-order valence-electron chi connectivity index (χ1n) is 8.71. The molecule has 1 aromatic heterocycles. The highest BCUT2D eigenvalue weighted by molar-refractivity contribution is 5.90. The number of hydrogen-bond donors (Lipinski definition) is 0. The van der Waals surface area contributed by atoms with Crippen LogP contribution in [0.25, 0.3) is 16.9 Å². The highest BCUT2D eigenvalue weighted by atomic mass is 19.1. The Kier molecular flexibility index (Phi) is 4.62. The Balaban J connectivity index is 1.77. The molecule has 0 saturated carbocycles. The molecular weight excluding hydrogens is 337 g/mol. The summed E-state index contributed by atoms with van der Waals surface area (Å²) in [6.07, 6.45) is 3.74. The van der Waals surface area contributed by atoms with Gasteiger partial charge in [0.1, 0.15) is 11.5 Å². The summed E-state index contributed by atoms with van der Waals surface area (Å²) in [6, 6.07) is 24.2. The van der Waals surface area contributed by atoms with Gasteiger partial charge in [-0.1, -0.05) is 35.9 Å². The van der Waals surface area contributed by atoms with Crippen LogP contribution in [0.2, 0.25) is 0 Å². The topological polar surface area (TPSA) is 30.2 Å². The molecule has 3 aromatic carbocycles. The smallest absolute Gasteiger partial charge is 0.123 e. The van der Waals surface area contributed by atoms with Gasteiger partial charge in [0.05, 0.1) is 11.4 Å². The highest BCUT2D eigenvalue weighted by Crippen LogP contribution is 2.24. The molecule has 132 valence electrons. The summed E-state index contributed by atoms with van der Waals surface area (Å²) in [5.41, 5.74) is 5.49. The third-order valence-corrected chi connectivity index (χ3v) is 4.27. The minimum Gasteiger partial charge on any atom is -0.256 e. The maximum Gasteiger partial charge on any atom is 0.123 e. The van der Waals surface area contributed by atoms with Crippen molar-refractivity contribution >= 4 is 11.9 Å². The molecule has 0 unspecified atom stereocenters. The minimum absolute atomic E-state index is 0.267. The van der Waals surface area contributed by atoms with Gasteiger partial charge in [0.2, 0.25) is 0 Å². The molecule has 0 amide bonds. The van der Waals surface area contributed by atoms with Gasteiger partial charge in [0.15, 0.2) is 0 Å². The van der Waals surface area contributed by atoms with Gasteiger partial charge in [-0.2, -0.15) is 5.10 Å². The van der Waals surface area contributed by atoms with Crippen molar-refractivity contribution < 1.29 is 4.39 Å². The van der Waals surface area contributed by atoms with Crippen LogP contribution in [0.1, 0.15) is 11.1 Å². The van der Waals surface area contributed by atoms with Crippen molar-refractivity contribution in [2.45, 2.75) is 6.92 Å². The van der Waals surface area contributed by atoms with E-state index in [-0.39, 0.29) is 5.82 Å². The van der Waals surface area contributed by atoms with E-state index in [0.29, 0.717) is 0 Å². The van der Waals surface area contributed by atoms with Gasteiger partial charge in [-0.15, -0.1) is 0 Å². The Morgan fingerprint density at radius 3 is 2.30 bits per heavy atom. The van der Waals surface area contributed by atoms with Crippen molar-refractivity contribution in [1.29, 1.82) is 0 Å². The van der Waals surface area contributed by atoms with Crippen LogP contribution in [0.15, 0.2) is 90.1 Å². The zero-order valence-electron chi connectivity index (χ0n) is 14.9. The number of hydrogen-bond acceptors (Lipinski definition) is 2. The molecule has 0 fully saturated rings. The molecule has 1 heterocycles. The number of benzene rings is 3. The Morgan fingerprint density at radius 1 is 0.889 bits per heavy atom. The van der Waals surface area contributed by atoms with Crippen LogP contribution in [-0.4, -0.2) is 16.0 Å². The Bertz CT molecular complexity index is 1060. The van der Waals surface area contributed by atoms with Gasteiger partial charge < -0.3 is 0 Å². The van der Waals surface area contributed by atoms with Gasteiger partial charge in [-0.3, -0.25) is 4.99 Å². The van der Waals surface area contributed by atoms with Gasteiger partial charge in [-0.25, -0.2) is 9.07 Å². The molecule has 0 aliphatic carbocycles. The lowest BCUT2D eigenvalue weighted by Crippen LogP contribution is -1.94. The van der Waals surface area contributed by atoms with Crippen LogP contribution in [0.5, 0.6) is 0 Å². The fourth-order valence-corrected chi connectivity index (χ4v) is 2.80. The molecule has 0 bridgehead atoms. The molecule has 0 aliphatic heterocycles. The van der Waals surface area contributed by atoms with Gasteiger partial charge in [-0.05, 0) is 55.5 Å². The lowest BCUT2D eigenvalue weighted by molar-refractivity contribution is 0.628. The molecular formula is C23H18FN3. The zero-order valence-corrected chi connectivity index (χ0v) is 14.9. The normalized spacial score (nSPS) is 11.2. The average molecular weight is 355 g/mol. The lowest BCUT2D eigenvalue weighted by atomic mass is 10.1. The summed E-state index contributed by atoms with van der Waals surface area (Å²) < 4.78 is 15.1. The molecule has 0 spiro atoms. The Labute approximate surface area is 157 Å². The molecule has 27 heavy (non-hydrogen) atoms. The molecule has 4 rings (SSSR count). The zero-order chi connectivity index (χ0) is 18.6. The monoisotopic (exact) mass is 355 g/mol. The van der Waals surface area contributed by atoms with Gasteiger partial charge >= 0.3 is 0 Å². The standard InChI is InChI=1S/C23H18FN3/c1-17-7-13-21(14-8-17)25-15-19-16-27(22-5-3-2-4-6-22)26-23(19)18-9-11-20(24)12-10-18/h2-16H,1H3. The maximum absolute atomic E-state index is 13.3. The van der Waals surface area contributed by atoms with E-state index < -0.39 is 0 Å². The molecule has 0 N–H and O–H groups in total. The van der Waals surface area contributed by atoms with E-state index in [2.05, 4.69) is 4.99 Å². The SMILES string of the molecule is Cc1ccc(N=Cc2cn(-c3ccccc3)nc2-c2ccc(F)cc2)cc1. The van der Waals surface area contributed by atoms with E-state index >= 15 is 0 Å². The van der Waals surface area contributed by atoms with E-state index in [1.165, 1.54) is 17.7 Å². The number of aryl methyl sites for hydroxylation is 1. The number of aliphatic imine (C=N–C) groups is 1. The number of para-hydroxylation sites is 1. The molecule has 0 atom stereocenters. The number of rotatable bonds is 4. The summed E-state index contributed by atoms with van der Waals surface area (Å²) in [4.78, 5) is 4.58. The summed E-state index contributed by atoms with van der Waals surface area (Å²) in [5.74, 6) is -0.267. The third-order valence-electron chi connectivity index (χ3n) is 4.27. The summed E-state index contributed by atoms with van der Waals surface area (Å²) in [6.45, 7) is 2.05. The molecule has 0 aliphatic rings. The van der Waals surface area contributed by atoms with E-state index in [9.17, 15) is 4.39 Å². The highest BCUT2D eigenvalue weighted by Gasteiger charge is 2.11. The van der Waals surface area contributed by atoms with Crippen LogP contribution in [-0.2, 0) is 0 Å². The second-order valence-corrected chi connectivity index (χ2v) is 6.31. The third kappa shape index (κ3) is 3.85. The molecule has 0 radical (unpaired) electrons. The molecule has 4 aromatic rings. The van der Waals surface area contributed by atoms with E-state index in [1.807, 2.05) is 72.4 Å². The van der Waals surface area contributed by atoms with Gasteiger partial charge in [0, 0.05) is 23.5 Å². The van der Waals surface area contributed by atoms with E-state index in [0.717, 1.165) is 28.2 Å². The van der Waals surface area contributed by atoms with Crippen molar-refractivity contribution in [3.05, 3.63) is 102 Å². The second kappa shape index (κ2) is 7.38. The quantitative estimate of drug-likeness (QED) is 0.430. The fourth-order valence-electron chi connectivity index (χ4n) is 2.80. The first-order valence-corrected chi connectivity index (χ1v) is 8.71. The van der Waals surface area contributed by atoms with E-state index in [4.69, 9.17) is 5.10 Å². The molecule has 4 heteroatoms.